The second kappa shape index (κ2) is 4.84. The number of carbonyl (C=O) groups is 1. The molecule has 2 nitrogen and oxygen atoms in total. The van der Waals surface area contributed by atoms with E-state index in [9.17, 15) is 18.0 Å². The Labute approximate surface area is 107 Å². The lowest BCUT2D eigenvalue weighted by Gasteiger charge is -2.09. The van der Waals surface area contributed by atoms with E-state index in [1.807, 2.05) is 0 Å². The van der Waals surface area contributed by atoms with Crippen LogP contribution in [0.5, 0.6) is 0 Å². The van der Waals surface area contributed by atoms with E-state index < -0.39 is 11.7 Å². The van der Waals surface area contributed by atoms with Gasteiger partial charge < -0.3 is 0 Å². The van der Waals surface area contributed by atoms with E-state index in [0.29, 0.717) is 17.4 Å². The molecule has 0 aliphatic carbocycles. The van der Waals surface area contributed by atoms with Crippen LogP contribution in [0.15, 0.2) is 36.5 Å². The third-order valence-electron chi connectivity index (χ3n) is 2.69. The zero-order valence-corrected chi connectivity index (χ0v) is 10.0. The normalized spacial score (nSPS) is 11.4. The molecule has 98 valence electrons. The molecule has 2 rings (SSSR count). The van der Waals surface area contributed by atoms with Crippen LogP contribution in [0.2, 0.25) is 0 Å². The lowest BCUT2D eigenvalue weighted by Crippen LogP contribution is -2.04. The molecule has 0 N–H and O–H groups in total. The Morgan fingerprint density at radius 1 is 1.16 bits per heavy atom. The van der Waals surface area contributed by atoms with Gasteiger partial charge in [-0.1, -0.05) is 12.1 Å². The number of benzene rings is 1. The van der Waals surface area contributed by atoms with Gasteiger partial charge in [0.2, 0.25) is 0 Å². The smallest absolute Gasteiger partial charge is 0.296 e. The molecule has 1 aromatic heterocycles. The molecule has 0 unspecified atom stereocenters. The number of alkyl halides is 3. The van der Waals surface area contributed by atoms with Crippen LogP contribution >= 0.6 is 0 Å². The Kier molecular flexibility index (Phi) is 3.38. The molecule has 1 aromatic carbocycles. The maximum absolute atomic E-state index is 12.5. The largest absolute Gasteiger partial charge is 0.416 e. The van der Waals surface area contributed by atoms with Gasteiger partial charge in [-0.2, -0.15) is 13.2 Å². The Balaban J connectivity index is 2.48. The first kappa shape index (κ1) is 13.3. The second-order valence-corrected chi connectivity index (χ2v) is 4.14. The highest BCUT2D eigenvalue weighted by molar-refractivity contribution is 5.85. The summed E-state index contributed by atoms with van der Waals surface area (Å²) in [7, 11) is 0. The SMILES string of the molecule is Cc1cnc(C=O)c(-c2ccc(C(F)(F)F)cc2)c1. The fourth-order valence-corrected chi connectivity index (χ4v) is 1.74. The van der Waals surface area contributed by atoms with Crippen molar-refractivity contribution in [3.05, 3.63) is 53.3 Å². The number of pyridine rings is 1. The molecule has 0 radical (unpaired) electrons. The topological polar surface area (TPSA) is 30.0 Å². The van der Waals surface area contributed by atoms with E-state index in [4.69, 9.17) is 0 Å². The van der Waals surface area contributed by atoms with Crippen molar-refractivity contribution in [2.45, 2.75) is 13.1 Å². The summed E-state index contributed by atoms with van der Waals surface area (Å²) in [6.07, 6.45) is -2.24. The summed E-state index contributed by atoms with van der Waals surface area (Å²) >= 11 is 0. The maximum atomic E-state index is 12.5. The molecule has 0 spiro atoms. The van der Waals surface area contributed by atoms with E-state index in [1.165, 1.54) is 18.3 Å². The number of nitrogens with zero attached hydrogens (tertiary/aromatic N) is 1. The standard InChI is InChI=1S/C14H10F3NO/c1-9-6-12(13(8-19)18-7-9)10-2-4-11(5-3-10)14(15,16)17/h2-8H,1H3. The highest BCUT2D eigenvalue weighted by Crippen LogP contribution is 2.31. The van der Waals surface area contributed by atoms with Gasteiger partial charge in [-0.25, -0.2) is 0 Å². The Morgan fingerprint density at radius 3 is 2.32 bits per heavy atom. The van der Waals surface area contributed by atoms with Crippen LogP contribution in [0.1, 0.15) is 21.6 Å². The number of aromatic nitrogens is 1. The molecular weight excluding hydrogens is 255 g/mol. The van der Waals surface area contributed by atoms with Gasteiger partial charge in [-0.3, -0.25) is 9.78 Å². The summed E-state index contributed by atoms with van der Waals surface area (Å²) in [6.45, 7) is 1.80. The minimum atomic E-state index is -4.36. The van der Waals surface area contributed by atoms with E-state index in [1.54, 1.807) is 13.0 Å². The number of hydrogen-bond acceptors (Lipinski definition) is 2. The van der Waals surface area contributed by atoms with E-state index in [-0.39, 0.29) is 5.69 Å². The summed E-state index contributed by atoms with van der Waals surface area (Å²) in [5.41, 5.74) is 1.39. The Morgan fingerprint density at radius 2 is 1.79 bits per heavy atom. The lowest BCUT2D eigenvalue weighted by atomic mass is 10.0. The molecule has 0 saturated heterocycles. The van der Waals surface area contributed by atoms with Crippen molar-refractivity contribution in [1.29, 1.82) is 0 Å². The molecule has 5 heteroatoms. The molecule has 2 aromatic rings. The van der Waals surface area contributed by atoms with Gasteiger partial charge in [0.1, 0.15) is 5.69 Å². The van der Waals surface area contributed by atoms with Crippen LogP contribution in [0.25, 0.3) is 11.1 Å². The number of rotatable bonds is 2. The summed E-state index contributed by atoms with van der Waals surface area (Å²) in [4.78, 5) is 14.8. The highest BCUT2D eigenvalue weighted by Gasteiger charge is 2.30. The third kappa shape index (κ3) is 2.81. The number of carbonyl (C=O) groups excluding carboxylic acids is 1. The third-order valence-corrected chi connectivity index (χ3v) is 2.69. The van der Waals surface area contributed by atoms with Crippen LogP contribution < -0.4 is 0 Å². The molecule has 0 bridgehead atoms. The van der Waals surface area contributed by atoms with Gasteiger partial charge in [0.25, 0.3) is 0 Å². The molecule has 19 heavy (non-hydrogen) atoms. The van der Waals surface area contributed by atoms with Gasteiger partial charge >= 0.3 is 6.18 Å². The maximum Gasteiger partial charge on any atom is 0.416 e. The first-order valence-corrected chi connectivity index (χ1v) is 5.51. The zero-order valence-electron chi connectivity index (χ0n) is 10.0. The monoisotopic (exact) mass is 265 g/mol. The first-order valence-electron chi connectivity index (χ1n) is 5.51. The predicted octanol–water partition coefficient (Wildman–Crippen LogP) is 3.89. The number of aryl methyl sites for hydroxylation is 1. The van der Waals surface area contributed by atoms with Gasteiger partial charge in [-0.05, 0) is 36.2 Å². The summed E-state index contributed by atoms with van der Waals surface area (Å²) in [5.74, 6) is 0. The second-order valence-electron chi connectivity index (χ2n) is 4.14. The quantitative estimate of drug-likeness (QED) is 0.771. The molecule has 0 aliphatic rings. The van der Waals surface area contributed by atoms with Crippen LogP contribution in [-0.4, -0.2) is 11.3 Å². The van der Waals surface area contributed by atoms with Crippen molar-refractivity contribution in [2.75, 3.05) is 0 Å². The van der Waals surface area contributed by atoms with Crippen LogP contribution in [0.4, 0.5) is 13.2 Å². The van der Waals surface area contributed by atoms with Crippen LogP contribution in [0, 0.1) is 6.92 Å². The van der Waals surface area contributed by atoms with Gasteiger partial charge in [0.15, 0.2) is 6.29 Å². The molecule has 1 heterocycles. The van der Waals surface area contributed by atoms with E-state index in [2.05, 4.69) is 4.98 Å². The van der Waals surface area contributed by atoms with Gasteiger partial charge in [0, 0.05) is 11.8 Å². The van der Waals surface area contributed by atoms with Crippen molar-refractivity contribution in [3.63, 3.8) is 0 Å². The van der Waals surface area contributed by atoms with Crippen molar-refractivity contribution in [2.24, 2.45) is 0 Å². The van der Waals surface area contributed by atoms with Crippen LogP contribution in [0.3, 0.4) is 0 Å². The zero-order chi connectivity index (χ0) is 14.0. The van der Waals surface area contributed by atoms with Crippen LogP contribution in [-0.2, 0) is 6.18 Å². The summed E-state index contributed by atoms with van der Waals surface area (Å²) < 4.78 is 37.4. The molecule has 0 fully saturated rings. The fraction of sp³-hybridized carbons (Fsp3) is 0.143. The van der Waals surface area contributed by atoms with Crippen molar-refractivity contribution >= 4 is 6.29 Å². The summed E-state index contributed by atoms with van der Waals surface area (Å²) in [6, 6.07) is 6.39. The first-order chi connectivity index (χ1) is 8.91. The number of halogens is 3. The Bertz CT molecular complexity index is 603. The van der Waals surface area contributed by atoms with Crippen molar-refractivity contribution in [1.82, 2.24) is 4.98 Å². The van der Waals surface area contributed by atoms with E-state index in [0.717, 1.165) is 17.7 Å². The minimum absolute atomic E-state index is 0.213. The lowest BCUT2D eigenvalue weighted by molar-refractivity contribution is -0.137. The molecule has 0 aliphatic heterocycles. The van der Waals surface area contributed by atoms with Gasteiger partial charge in [0.05, 0.1) is 5.56 Å². The van der Waals surface area contributed by atoms with Gasteiger partial charge in [-0.15, -0.1) is 0 Å². The molecular formula is C14H10F3NO. The average molecular weight is 265 g/mol. The minimum Gasteiger partial charge on any atom is -0.296 e. The summed E-state index contributed by atoms with van der Waals surface area (Å²) in [5, 5.41) is 0. The average Bonchev–Trinajstić information content (AvgIpc) is 2.38. The molecule has 0 atom stereocenters. The van der Waals surface area contributed by atoms with E-state index >= 15 is 0 Å². The highest BCUT2D eigenvalue weighted by atomic mass is 19.4. The predicted molar refractivity (Wildman–Crippen MR) is 64.8 cm³/mol. The Hall–Kier alpha value is -2.17. The fourth-order valence-electron chi connectivity index (χ4n) is 1.74. The number of hydrogen-bond donors (Lipinski definition) is 0. The molecule has 0 amide bonds. The molecule has 0 saturated carbocycles. The number of aldehydes is 1. The van der Waals surface area contributed by atoms with Crippen molar-refractivity contribution < 1.29 is 18.0 Å². The van der Waals surface area contributed by atoms with Crippen molar-refractivity contribution in [3.8, 4) is 11.1 Å².